The van der Waals surface area contributed by atoms with Crippen molar-refractivity contribution in [2.24, 2.45) is 11.8 Å². The molecule has 0 radical (unpaired) electrons. The number of anilines is 1. The summed E-state index contributed by atoms with van der Waals surface area (Å²) in [6.07, 6.45) is 10.7. The summed E-state index contributed by atoms with van der Waals surface area (Å²) in [5, 5.41) is 3.27. The van der Waals surface area contributed by atoms with Gasteiger partial charge in [-0.3, -0.25) is 9.69 Å². The highest BCUT2D eigenvalue weighted by Crippen LogP contribution is 2.34. The normalized spacial score (nSPS) is 24.2. The van der Waals surface area contributed by atoms with Crippen LogP contribution in [-0.2, 0) is 11.2 Å². The van der Waals surface area contributed by atoms with Gasteiger partial charge in [-0.2, -0.15) is 0 Å². The van der Waals surface area contributed by atoms with Crippen LogP contribution in [0, 0.1) is 11.8 Å². The van der Waals surface area contributed by atoms with E-state index in [4.69, 9.17) is 4.74 Å². The highest BCUT2D eigenvalue weighted by molar-refractivity contribution is 5.76. The predicted octanol–water partition coefficient (Wildman–Crippen LogP) is 3.64. The van der Waals surface area contributed by atoms with Gasteiger partial charge in [0, 0.05) is 56.8 Å². The highest BCUT2D eigenvalue weighted by Gasteiger charge is 2.26. The molecule has 0 spiro atoms. The van der Waals surface area contributed by atoms with Gasteiger partial charge in [-0.1, -0.05) is 13.8 Å². The maximum Gasteiger partial charge on any atom is 0.220 e. The average molecular weight is 429 g/mol. The van der Waals surface area contributed by atoms with Gasteiger partial charge in [0.1, 0.15) is 0 Å². The summed E-state index contributed by atoms with van der Waals surface area (Å²) < 4.78 is 5.85. The third kappa shape index (κ3) is 6.12. The van der Waals surface area contributed by atoms with Gasteiger partial charge in [0.15, 0.2) is 11.6 Å². The lowest BCUT2D eigenvalue weighted by Gasteiger charge is -2.37. The number of hydrogen-bond acceptors (Lipinski definition) is 5. The minimum Gasteiger partial charge on any atom is -0.489 e. The Bertz CT molecular complexity index is 722. The Labute approximate surface area is 187 Å². The topological polar surface area (TPSA) is 57.7 Å². The van der Waals surface area contributed by atoms with Crippen LogP contribution in [0.4, 0.5) is 5.82 Å². The number of fused-ring (bicyclic) bond motifs is 1. The SMILES string of the molecule is CC(C)CCC(=O)NC1CCC(CCN2CCN(c3nccc4c3OCC4)CC2)CC1. The molecule has 1 aliphatic carbocycles. The third-order valence-electron chi connectivity index (χ3n) is 7.27. The molecule has 4 rings (SSSR count). The minimum atomic E-state index is 0.249. The van der Waals surface area contributed by atoms with Gasteiger partial charge in [0.25, 0.3) is 0 Å². The number of amides is 1. The van der Waals surface area contributed by atoms with Gasteiger partial charge in [0.05, 0.1) is 6.61 Å². The van der Waals surface area contributed by atoms with Gasteiger partial charge in [-0.25, -0.2) is 4.98 Å². The Hall–Kier alpha value is -1.82. The molecule has 0 bridgehead atoms. The molecule has 0 atom stereocenters. The summed E-state index contributed by atoms with van der Waals surface area (Å²) in [5.74, 6) is 3.72. The summed E-state index contributed by atoms with van der Waals surface area (Å²) in [6, 6.07) is 2.50. The number of carbonyl (C=O) groups excluding carboxylic acids is 1. The van der Waals surface area contributed by atoms with Crippen LogP contribution in [0.3, 0.4) is 0 Å². The van der Waals surface area contributed by atoms with Gasteiger partial charge in [-0.15, -0.1) is 0 Å². The lowest BCUT2D eigenvalue weighted by Crippen LogP contribution is -2.47. The first-order valence-corrected chi connectivity index (χ1v) is 12.5. The molecule has 6 heteroatoms. The van der Waals surface area contributed by atoms with Crippen LogP contribution in [0.15, 0.2) is 12.3 Å². The average Bonchev–Trinajstić information content (AvgIpc) is 3.27. The summed E-state index contributed by atoms with van der Waals surface area (Å²) >= 11 is 0. The number of hydrogen-bond donors (Lipinski definition) is 1. The Morgan fingerprint density at radius 2 is 1.97 bits per heavy atom. The summed E-state index contributed by atoms with van der Waals surface area (Å²) in [4.78, 5) is 21.7. The van der Waals surface area contributed by atoms with E-state index in [1.54, 1.807) is 0 Å². The molecule has 1 saturated heterocycles. The van der Waals surface area contributed by atoms with E-state index < -0.39 is 0 Å². The zero-order valence-corrected chi connectivity index (χ0v) is 19.4. The van der Waals surface area contributed by atoms with Crippen molar-refractivity contribution in [1.82, 2.24) is 15.2 Å². The van der Waals surface area contributed by atoms with Gasteiger partial charge >= 0.3 is 0 Å². The number of rotatable bonds is 8. The monoisotopic (exact) mass is 428 g/mol. The third-order valence-corrected chi connectivity index (χ3v) is 7.27. The van der Waals surface area contributed by atoms with Crippen LogP contribution in [0.1, 0.15) is 64.4 Å². The molecule has 31 heavy (non-hydrogen) atoms. The molecule has 1 N–H and O–H groups in total. The fraction of sp³-hybridized carbons (Fsp3) is 0.760. The van der Waals surface area contributed by atoms with E-state index in [9.17, 15) is 4.79 Å². The Balaban J connectivity index is 1.13. The maximum absolute atomic E-state index is 12.1. The number of carbonyl (C=O) groups is 1. The van der Waals surface area contributed by atoms with Gasteiger partial charge in [0.2, 0.25) is 5.91 Å². The van der Waals surface area contributed by atoms with Crippen LogP contribution in [0.25, 0.3) is 0 Å². The van der Waals surface area contributed by atoms with Crippen LogP contribution in [-0.4, -0.2) is 61.2 Å². The second-order valence-electron chi connectivity index (χ2n) is 10.1. The van der Waals surface area contributed by atoms with E-state index >= 15 is 0 Å². The molecule has 172 valence electrons. The fourth-order valence-electron chi connectivity index (χ4n) is 5.18. The van der Waals surface area contributed by atoms with Crippen LogP contribution in [0.2, 0.25) is 0 Å². The number of pyridine rings is 1. The van der Waals surface area contributed by atoms with E-state index in [0.29, 0.717) is 18.4 Å². The molecule has 6 nitrogen and oxygen atoms in total. The number of aromatic nitrogens is 1. The number of nitrogens with zero attached hydrogens (tertiary/aromatic N) is 3. The number of piperazine rings is 1. The smallest absolute Gasteiger partial charge is 0.220 e. The van der Waals surface area contributed by atoms with Gasteiger partial charge in [-0.05, 0) is 63.0 Å². The first kappa shape index (κ1) is 22.4. The van der Waals surface area contributed by atoms with Gasteiger partial charge < -0.3 is 15.0 Å². The molecule has 1 amide bonds. The van der Waals surface area contributed by atoms with Crippen molar-refractivity contribution in [2.75, 3.05) is 44.2 Å². The molecule has 3 heterocycles. The summed E-state index contributed by atoms with van der Waals surface area (Å²) in [7, 11) is 0. The molecule has 0 unspecified atom stereocenters. The second-order valence-corrected chi connectivity index (χ2v) is 10.1. The van der Waals surface area contributed by atoms with Crippen LogP contribution >= 0.6 is 0 Å². The molecule has 0 aromatic carbocycles. The predicted molar refractivity (Wildman–Crippen MR) is 125 cm³/mol. The molecular weight excluding hydrogens is 388 g/mol. The van der Waals surface area contributed by atoms with Crippen molar-refractivity contribution in [1.29, 1.82) is 0 Å². The van der Waals surface area contributed by atoms with Crippen molar-refractivity contribution >= 4 is 11.7 Å². The molecule has 1 aromatic heterocycles. The van der Waals surface area contributed by atoms with Crippen molar-refractivity contribution in [2.45, 2.75) is 71.3 Å². The first-order valence-electron chi connectivity index (χ1n) is 12.5. The highest BCUT2D eigenvalue weighted by atomic mass is 16.5. The van der Waals surface area contributed by atoms with Crippen molar-refractivity contribution < 1.29 is 9.53 Å². The molecular formula is C25H40N4O2. The standard InChI is InChI=1S/C25H40N4O2/c1-19(2)3-8-23(30)27-22-6-4-20(5-7-22)10-13-28-14-16-29(17-15-28)25-24-21(9-12-26-25)11-18-31-24/h9,12,19-20,22H,3-8,10-11,13-18H2,1-2H3,(H,27,30). The zero-order valence-electron chi connectivity index (χ0n) is 19.4. The van der Waals surface area contributed by atoms with E-state index in [2.05, 4.69) is 40.0 Å². The number of ether oxygens (including phenoxy) is 1. The minimum absolute atomic E-state index is 0.249. The zero-order chi connectivity index (χ0) is 21.6. The lowest BCUT2D eigenvalue weighted by molar-refractivity contribution is -0.122. The van der Waals surface area contributed by atoms with Crippen molar-refractivity contribution in [3.8, 4) is 5.75 Å². The Morgan fingerprint density at radius 3 is 2.71 bits per heavy atom. The lowest BCUT2D eigenvalue weighted by atomic mass is 9.84. The fourth-order valence-corrected chi connectivity index (χ4v) is 5.18. The molecule has 2 aliphatic heterocycles. The molecule has 2 fully saturated rings. The summed E-state index contributed by atoms with van der Waals surface area (Å²) in [6.45, 7) is 10.6. The number of nitrogens with one attached hydrogen (secondary N) is 1. The molecule has 3 aliphatic rings. The summed E-state index contributed by atoms with van der Waals surface area (Å²) in [5.41, 5.74) is 1.30. The van der Waals surface area contributed by atoms with E-state index in [1.165, 1.54) is 31.4 Å². The second kappa shape index (κ2) is 10.7. The van der Waals surface area contributed by atoms with Crippen molar-refractivity contribution in [3.05, 3.63) is 17.8 Å². The maximum atomic E-state index is 12.1. The van der Waals surface area contributed by atoms with E-state index in [1.807, 2.05) is 6.20 Å². The van der Waals surface area contributed by atoms with Crippen LogP contribution in [0.5, 0.6) is 5.75 Å². The van der Waals surface area contributed by atoms with Crippen molar-refractivity contribution in [3.63, 3.8) is 0 Å². The first-order chi connectivity index (χ1) is 15.1. The van der Waals surface area contributed by atoms with E-state index in [-0.39, 0.29) is 5.91 Å². The molecule has 1 aromatic rings. The molecule has 1 saturated carbocycles. The largest absolute Gasteiger partial charge is 0.489 e. The Kier molecular flexibility index (Phi) is 7.70. The van der Waals surface area contributed by atoms with Crippen LogP contribution < -0.4 is 15.0 Å². The van der Waals surface area contributed by atoms with E-state index in [0.717, 1.165) is 76.0 Å². The quantitative estimate of drug-likeness (QED) is 0.685. The Morgan fingerprint density at radius 1 is 1.19 bits per heavy atom.